The molecule has 0 aliphatic heterocycles. The summed E-state index contributed by atoms with van der Waals surface area (Å²) in [5.74, 6) is 0.909. The van der Waals surface area contributed by atoms with E-state index in [1.807, 2.05) is 24.3 Å². The summed E-state index contributed by atoms with van der Waals surface area (Å²) in [6, 6.07) is 10.6. The van der Waals surface area contributed by atoms with Crippen LogP contribution in [-0.2, 0) is 0 Å². The lowest BCUT2D eigenvalue weighted by Crippen LogP contribution is -2.22. The van der Waals surface area contributed by atoms with Crippen molar-refractivity contribution in [1.82, 2.24) is 5.32 Å². The molecular formula is C14H17NO. The maximum Gasteiger partial charge on any atom is 0.134 e. The SMILES string of the molecule is CC(C)NCC=Cc1cc2ccccc2o1. The van der Waals surface area contributed by atoms with Crippen molar-refractivity contribution in [2.24, 2.45) is 0 Å². The largest absolute Gasteiger partial charge is 0.457 e. The van der Waals surface area contributed by atoms with Gasteiger partial charge in [-0.2, -0.15) is 0 Å². The summed E-state index contributed by atoms with van der Waals surface area (Å²) in [6.07, 6.45) is 4.09. The number of fused-ring (bicyclic) bond motifs is 1. The van der Waals surface area contributed by atoms with Gasteiger partial charge in [-0.3, -0.25) is 0 Å². The van der Waals surface area contributed by atoms with E-state index >= 15 is 0 Å². The minimum absolute atomic E-state index is 0.514. The Balaban J connectivity index is 2.04. The summed E-state index contributed by atoms with van der Waals surface area (Å²) in [5.41, 5.74) is 0.943. The van der Waals surface area contributed by atoms with Crippen LogP contribution in [0.5, 0.6) is 0 Å². The van der Waals surface area contributed by atoms with Gasteiger partial charge in [0.1, 0.15) is 11.3 Å². The van der Waals surface area contributed by atoms with Crippen LogP contribution in [0.2, 0.25) is 0 Å². The van der Waals surface area contributed by atoms with E-state index in [0.717, 1.165) is 23.3 Å². The van der Waals surface area contributed by atoms with E-state index in [2.05, 4.69) is 37.4 Å². The van der Waals surface area contributed by atoms with Crippen molar-refractivity contribution < 1.29 is 4.42 Å². The number of benzene rings is 1. The van der Waals surface area contributed by atoms with Gasteiger partial charge in [-0.05, 0) is 18.2 Å². The molecule has 1 N–H and O–H groups in total. The molecule has 0 aliphatic carbocycles. The Hall–Kier alpha value is -1.54. The summed E-state index contributed by atoms with van der Waals surface area (Å²) >= 11 is 0. The van der Waals surface area contributed by atoms with Gasteiger partial charge >= 0.3 is 0 Å². The van der Waals surface area contributed by atoms with E-state index in [1.165, 1.54) is 0 Å². The molecule has 2 aromatic rings. The third-order valence-corrected chi connectivity index (χ3v) is 2.37. The Morgan fingerprint density at radius 3 is 2.88 bits per heavy atom. The second-order valence-electron chi connectivity index (χ2n) is 4.15. The van der Waals surface area contributed by atoms with Gasteiger partial charge in [0, 0.05) is 18.0 Å². The van der Waals surface area contributed by atoms with E-state index in [1.54, 1.807) is 0 Å². The van der Waals surface area contributed by atoms with Gasteiger partial charge in [-0.25, -0.2) is 0 Å². The first-order valence-corrected chi connectivity index (χ1v) is 5.64. The first kappa shape index (κ1) is 11.0. The molecule has 0 saturated heterocycles. The number of furan rings is 1. The molecule has 0 atom stereocenters. The van der Waals surface area contributed by atoms with Crippen LogP contribution in [0.3, 0.4) is 0 Å². The van der Waals surface area contributed by atoms with E-state index in [9.17, 15) is 0 Å². The van der Waals surface area contributed by atoms with Crippen LogP contribution in [-0.4, -0.2) is 12.6 Å². The highest BCUT2D eigenvalue weighted by Crippen LogP contribution is 2.19. The van der Waals surface area contributed by atoms with Gasteiger partial charge in [-0.15, -0.1) is 0 Å². The molecule has 0 radical (unpaired) electrons. The third kappa shape index (κ3) is 2.74. The van der Waals surface area contributed by atoms with Crippen molar-refractivity contribution >= 4 is 17.0 Å². The van der Waals surface area contributed by atoms with Crippen LogP contribution >= 0.6 is 0 Å². The highest BCUT2D eigenvalue weighted by atomic mass is 16.3. The first-order chi connectivity index (χ1) is 7.75. The van der Waals surface area contributed by atoms with Crippen molar-refractivity contribution in [3.05, 3.63) is 42.2 Å². The zero-order valence-corrected chi connectivity index (χ0v) is 9.73. The Labute approximate surface area is 96.0 Å². The first-order valence-electron chi connectivity index (χ1n) is 5.64. The Morgan fingerprint density at radius 1 is 1.31 bits per heavy atom. The molecule has 0 fully saturated rings. The molecule has 16 heavy (non-hydrogen) atoms. The molecule has 0 spiro atoms. The highest BCUT2D eigenvalue weighted by molar-refractivity contribution is 5.79. The quantitative estimate of drug-likeness (QED) is 0.845. The number of hydrogen-bond acceptors (Lipinski definition) is 2. The zero-order chi connectivity index (χ0) is 11.4. The summed E-state index contributed by atoms with van der Waals surface area (Å²) < 4.78 is 5.66. The maximum atomic E-state index is 5.66. The fourth-order valence-electron chi connectivity index (χ4n) is 1.56. The van der Waals surface area contributed by atoms with Gasteiger partial charge in [0.2, 0.25) is 0 Å². The molecular weight excluding hydrogens is 198 g/mol. The van der Waals surface area contributed by atoms with Crippen LogP contribution in [0, 0.1) is 0 Å². The van der Waals surface area contributed by atoms with Crippen LogP contribution in [0.15, 0.2) is 40.8 Å². The summed E-state index contributed by atoms with van der Waals surface area (Å²) in [4.78, 5) is 0. The van der Waals surface area contributed by atoms with Crippen LogP contribution in [0.1, 0.15) is 19.6 Å². The lowest BCUT2D eigenvalue weighted by atomic mass is 10.2. The lowest BCUT2D eigenvalue weighted by Gasteiger charge is -2.02. The second-order valence-corrected chi connectivity index (χ2v) is 4.15. The number of para-hydroxylation sites is 1. The average Bonchev–Trinajstić information content (AvgIpc) is 2.66. The van der Waals surface area contributed by atoms with Crippen molar-refractivity contribution in [2.45, 2.75) is 19.9 Å². The zero-order valence-electron chi connectivity index (χ0n) is 9.73. The standard InChI is InChI=1S/C14H17NO/c1-11(2)15-9-5-7-13-10-12-6-3-4-8-14(12)16-13/h3-8,10-11,15H,9H2,1-2H3. The second kappa shape index (κ2) is 4.99. The maximum absolute atomic E-state index is 5.66. The molecule has 2 heteroatoms. The Bertz CT molecular complexity index is 449. The minimum Gasteiger partial charge on any atom is -0.457 e. The smallest absolute Gasteiger partial charge is 0.134 e. The number of hydrogen-bond donors (Lipinski definition) is 1. The van der Waals surface area contributed by atoms with Gasteiger partial charge < -0.3 is 9.73 Å². The molecule has 1 aromatic heterocycles. The fraction of sp³-hybridized carbons (Fsp3) is 0.286. The Morgan fingerprint density at radius 2 is 2.12 bits per heavy atom. The minimum atomic E-state index is 0.514. The van der Waals surface area contributed by atoms with E-state index in [-0.39, 0.29) is 0 Å². The fourth-order valence-corrected chi connectivity index (χ4v) is 1.56. The third-order valence-electron chi connectivity index (χ3n) is 2.37. The predicted octanol–water partition coefficient (Wildman–Crippen LogP) is 3.44. The molecule has 84 valence electrons. The van der Waals surface area contributed by atoms with Gasteiger partial charge in [0.15, 0.2) is 0 Å². The van der Waals surface area contributed by atoms with Crippen LogP contribution in [0.4, 0.5) is 0 Å². The Kier molecular flexibility index (Phi) is 3.42. The number of nitrogens with one attached hydrogen (secondary N) is 1. The lowest BCUT2D eigenvalue weighted by molar-refractivity contribution is 0.602. The monoisotopic (exact) mass is 215 g/mol. The van der Waals surface area contributed by atoms with Crippen molar-refractivity contribution in [1.29, 1.82) is 0 Å². The van der Waals surface area contributed by atoms with Gasteiger partial charge in [-0.1, -0.05) is 38.1 Å². The highest BCUT2D eigenvalue weighted by Gasteiger charge is 1.98. The van der Waals surface area contributed by atoms with Gasteiger partial charge in [0.05, 0.1) is 0 Å². The molecule has 2 nitrogen and oxygen atoms in total. The van der Waals surface area contributed by atoms with Crippen molar-refractivity contribution in [2.75, 3.05) is 6.54 Å². The molecule has 0 unspecified atom stereocenters. The average molecular weight is 215 g/mol. The predicted molar refractivity (Wildman–Crippen MR) is 68.4 cm³/mol. The summed E-state index contributed by atoms with van der Waals surface area (Å²) in [6.45, 7) is 5.14. The van der Waals surface area contributed by atoms with Crippen molar-refractivity contribution in [3.63, 3.8) is 0 Å². The summed E-state index contributed by atoms with van der Waals surface area (Å²) in [7, 11) is 0. The number of rotatable bonds is 4. The van der Waals surface area contributed by atoms with Gasteiger partial charge in [0.25, 0.3) is 0 Å². The molecule has 2 rings (SSSR count). The van der Waals surface area contributed by atoms with E-state index in [4.69, 9.17) is 4.42 Å². The normalized spacial score (nSPS) is 11.9. The van der Waals surface area contributed by atoms with E-state index in [0.29, 0.717) is 6.04 Å². The van der Waals surface area contributed by atoms with Crippen molar-refractivity contribution in [3.8, 4) is 0 Å². The molecule has 1 heterocycles. The molecule has 1 aromatic carbocycles. The molecule has 0 bridgehead atoms. The molecule has 0 aliphatic rings. The summed E-state index contributed by atoms with van der Waals surface area (Å²) in [5, 5.41) is 4.47. The molecule has 0 saturated carbocycles. The van der Waals surface area contributed by atoms with E-state index < -0.39 is 0 Å². The van der Waals surface area contributed by atoms with Crippen LogP contribution in [0.25, 0.3) is 17.0 Å². The topological polar surface area (TPSA) is 25.2 Å². The van der Waals surface area contributed by atoms with Crippen LogP contribution < -0.4 is 5.32 Å². The molecule has 0 amide bonds.